The topological polar surface area (TPSA) is 64.7 Å². The van der Waals surface area contributed by atoms with Gasteiger partial charge in [0.25, 0.3) is 0 Å². The molecule has 3 aromatic rings. The summed E-state index contributed by atoms with van der Waals surface area (Å²) in [6.45, 7) is 0.796. The predicted octanol–water partition coefficient (Wildman–Crippen LogP) is 1.74. The zero-order chi connectivity index (χ0) is 16.4. The number of para-hydroxylation sites is 1. The minimum atomic E-state index is 0.0381. The number of hydrogen-bond donors (Lipinski definition) is 1. The van der Waals surface area contributed by atoms with Crippen molar-refractivity contribution in [1.82, 2.24) is 24.6 Å². The predicted molar refractivity (Wildman–Crippen MR) is 89.7 cm³/mol. The molecule has 122 valence electrons. The average molecular weight is 321 g/mol. The van der Waals surface area contributed by atoms with Crippen LogP contribution in [0.4, 0.5) is 0 Å². The van der Waals surface area contributed by atoms with Crippen LogP contribution in [-0.4, -0.2) is 31.3 Å². The number of hydrogen-bond acceptors (Lipinski definition) is 3. The van der Waals surface area contributed by atoms with E-state index < -0.39 is 0 Å². The third-order valence-corrected chi connectivity index (χ3v) is 4.32. The summed E-state index contributed by atoms with van der Waals surface area (Å²) in [5.74, 6) is 1.14. The van der Waals surface area contributed by atoms with E-state index >= 15 is 0 Å². The summed E-state index contributed by atoms with van der Waals surface area (Å²) in [4.78, 5) is 16.6. The Morgan fingerprint density at radius 1 is 1.29 bits per heavy atom. The van der Waals surface area contributed by atoms with Crippen molar-refractivity contribution in [2.75, 3.05) is 0 Å². The van der Waals surface area contributed by atoms with Gasteiger partial charge < -0.3 is 9.88 Å². The minimum absolute atomic E-state index is 0.0381. The highest BCUT2D eigenvalue weighted by molar-refractivity contribution is 5.78. The molecule has 1 aliphatic heterocycles. The molecule has 6 nitrogen and oxygen atoms in total. The van der Waals surface area contributed by atoms with Crippen LogP contribution in [0.1, 0.15) is 17.8 Å². The Kier molecular flexibility index (Phi) is 3.86. The second-order valence-corrected chi connectivity index (χ2v) is 6.10. The standard InChI is InChI=1S/C18H19N5O/c24-18(21-15-6-7-17-19-8-9-22(17)13-15)10-14-11-20-23(12-14)16-4-2-1-3-5-16/h1-5,8-9,11-12,15H,6-7,10,13H2,(H,21,24). The van der Waals surface area contributed by atoms with E-state index in [4.69, 9.17) is 0 Å². The van der Waals surface area contributed by atoms with Crippen molar-refractivity contribution in [1.29, 1.82) is 0 Å². The van der Waals surface area contributed by atoms with E-state index in [0.29, 0.717) is 6.42 Å². The van der Waals surface area contributed by atoms with Crippen LogP contribution in [0.3, 0.4) is 0 Å². The molecule has 0 radical (unpaired) electrons. The van der Waals surface area contributed by atoms with E-state index in [9.17, 15) is 4.79 Å². The summed E-state index contributed by atoms with van der Waals surface area (Å²) in [5, 5.41) is 7.46. The molecule has 1 aromatic carbocycles. The Labute approximate surface area is 140 Å². The molecule has 24 heavy (non-hydrogen) atoms. The summed E-state index contributed by atoms with van der Waals surface area (Å²) < 4.78 is 3.91. The maximum atomic E-state index is 12.3. The van der Waals surface area contributed by atoms with Crippen molar-refractivity contribution in [3.8, 4) is 5.69 Å². The number of carbonyl (C=O) groups excluding carboxylic acids is 1. The van der Waals surface area contributed by atoms with Crippen LogP contribution in [0.5, 0.6) is 0 Å². The van der Waals surface area contributed by atoms with Gasteiger partial charge in [0, 0.05) is 37.6 Å². The second kappa shape index (κ2) is 6.31. The number of nitrogens with zero attached hydrogens (tertiary/aromatic N) is 4. The van der Waals surface area contributed by atoms with E-state index in [1.807, 2.05) is 48.9 Å². The molecule has 1 amide bonds. The Morgan fingerprint density at radius 2 is 2.17 bits per heavy atom. The molecular formula is C18H19N5O. The maximum absolute atomic E-state index is 12.3. The molecule has 0 saturated heterocycles. The first-order valence-corrected chi connectivity index (χ1v) is 8.16. The number of nitrogens with one attached hydrogen (secondary N) is 1. The third-order valence-electron chi connectivity index (χ3n) is 4.32. The van der Waals surface area contributed by atoms with Crippen molar-refractivity contribution < 1.29 is 4.79 Å². The molecule has 1 N–H and O–H groups in total. The quantitative estimate of drug-likeness (QED) is 0.796. The van der Waals surface area contributed by atoms with Crippen molar-refractivity contribution in [3.63, 3.8) is 0 Å². The highest BCUT2D eigenvalue weighted by Gasteiger charge is 2.20. The van der Waals surface area contributed by atoms with Crippen LogP contribution >= 0.6 is 0 Å². The molecule has 3 heterocycles. The van der Waals surface area contributed by atoms with Gasteiger partial charge in [-0.1, -0.05) is 18.2 Å². The van der Waals surface area contributed by atoms with Crippen molar-refractivity contribution in [2.45, 2.75) is 31.8 Å². The Balaban J connectivity index is 1.36. The fraction of sp³-hybridized carbons (Fsp3) is 0.278. The van der Waals surface area contributed by atoms with Crippen LogP contribution in [-0.2, 0) is 24.2 Å². The van der Waals surface area contributed by atoms with Gasteiger partial charge in [-0.25, -0.2) is 9.67 Å². The molecule has 0 spiro atoms. The van der Waals surface area contributed by atoms with E-state index in [-0.39, 0.29) is 11.9 Å². The Bertz CT molecular complexity index is 836. The molecule has 1 atom stereocenters. The highest BCUT2D eigenvalue weighted by Crippen LogP contribution is 2.13. The van der Waals surface area contributed by atoms with Crippen LogP contribution in [0.15, 0.2) is 55.1 Å². The Hall–Kier alpha value is -2.89. The van der Waals surface area contributed by atoms with Crippen molar-refractivity contribution >= 4 is 5.91 Å². The monoisotopic (exact) mass is 321 g/mol. The number of amides is 1. The van der Waals surface area contributed by atoms with Gasteiger partial charge >= 0.3 is 0 Å². The van der Waals surface area contributed by atoms with Crippen LogP contribution in [0, 0.1) is 0 Å². The van der Waals surface area contributed by atoms with Gasteiger partial charge in [0.2, 0.25) is 5.91 Å². The van der Waals surface area contributed by atoms with Gasteiger partial charge in [-0.15, -0.1) is 0 Å². The van der Waals surface area contributed by atoms with Gasteiger partial charge in [0.15, 0.2) is 0 Å². The number of aryl methyl sites for hydroxylation is 1. The first kappa shape index (κ1) is 14.7. The van der Waals surface area contributed by atoms with Gasteiger partial charge in [-0.05, 0) is 24.1 Å². The zero-order valence-corrected chi connectivity index (χ0v) is 13.3. The molecule has 1 aliphatic rings. The summed E-state index contributed by atoms with van der Waals surface area (Å²) in [6.07, 6.45) is 9.64. The average Bonchev–Trinajstić information content (AvgIpc) is 3.24. The Morgan fingerprint density at radius 3 is 3.04 bits per heavy atom. The summed E-state index contributed by atoms with van der Waals surface area (Å²) >= 11 is 0. The molecule has 1 unspecified atom stereocenters. The van der Waals surface area contributed by atoms with E-state index in [2.05, 4.69) is 20.0 Å². The molecular weight excluding hydrogens is 302 g/mol. The number of rotatable bonds is 4. The second-order valence-electron chi connectivity index (χ2n) is 6.10. The first-order valence-electron chi connectivity index (χ1n) is 8.16. The molecule has 0 fully saturated rings. The van der Waals surface area contributed by atoms with Crippen LogP contribution in [0.25, 0.3) is 5.69 Å². The largest absolute Gasteiger partial charge is 0.351 e. The molecule has 6 heteroatoms. The molecule has 0 saturated carbocycles. The van der Waals surface area contributed by atoms with Gasteiger partial charge in [-0.3, -0.25) is 4.79 Å². The van der Waals surface area contributed by atoms with Crippen molar-refractivity contribution in [2.24, 2.45) is 0 Å². The fourth-order valence-corrected chi connectivity index (χ4v) is 3.12. The van der Waals surface area contributed by atoms with Gasteiger partial charge in [0.05, 0.1) is 18.3 Å². The van der Waals surface area contributed by atoms with E-state index in [1.54, 1.807) is 10.9 Å². The zero-order valence-electron chi connectivity index (χ0n) is 13.3. The molecule has 4 rings (SSSR count). The number of imidazole rings is 1. The van der Waals surface area contributed by atoms with Crippen LogP contribution in [0.2, 0.25) is 0 Å². The van der Waals surface area contributed by atoms with E-state index in [0.717, 1.165) is 36.5 Å². The lowest BCUT2D eigenvalue weighted by Crippen LogP contribution is -2.41. The summed E-state index contributed by atoms with van der Waals surface area (Å²) in [5.41, 5.74) is 1.90. The number of benzene rings is 1. The number of carbonyl (C=O) groups is 1. The number of aromatic nitrogens is 4. The van der Waals surface area contributed by atoms with Crippen molar-refractivity contribution in [3.05, 3.63) is 66.5 Å². The van der Waals surface area contributed by atoms with Crippen LogP contribution < -0.4 is 5.32 Å². The third kappa shape index (κ3) is 3.08. The van der Waals surface area contributed by atoms with Gasteiger partial charge in [0.1, 0.15) is 5.82 Å². The molecule has 0 aliphatic carbocycles. The summed E-state index contributed by atoms with van der Waals surface area (Å²) in [6, 6.07) is 10.1. The number of fused-ring (bicyclic) bond motifs is 1. The fourth-order valence-electron chi connectivity index (χ4n) is 3.12. The van der Waals surface area contributed by atoms with Gasteiger partial charge in [-0.2, -0.15) is 5.10 Å². The normalized spacial score (nSPS) is 16.6. The summed E-state index contributed by atoms with van der Waals surface area (Å²) in [7, 11) is 0. The molecule has 0 bridgehead atoms. The smallest absolute Gasteiger partial charge is 0.224 e. The SMILES string of the molecule is O=C(Cc1cnn(-c2ccccc2)c1)NC1CCc2nccn2C1. The lowest BCUT2D eigenvalue weighted by atomic mass is 10.1. The maximum Gasteiger partial charge on any atom is 0.224 e. The lowest BCUT2D eigenvalue weighted by molar-refractivity contribution is -0.121. The van der Waals surface area contributed by atoms with E-state index in [1.165, 1.54) is 0 Å². The molecule has 2 aromatic heterocycles. The first-order chi connectivity index (χ1) is 11.8. The lowest BCUT2D eigenvalue weighted by Gasteiger charge is -2.24. The minimum Gasteiger partial charge on any atom is -0.351 e. The highest BCUT2D eigenvalue weighted by atomic mass is 16.1.